The van der Waals surface area contributed by atoms with Crippen LogP contribution in [0, 0.1) is 5.92 Å². The molecule has 0 atom stereocenters. The summed E-state index contributed by atoms with van der Waals surface area (Å²) in [5, 5.41) is 3.09. The fourth-order valence-electron chi connectivity index (χ4n) is 1.40. The highest BCUT2D eigenvalue weighted by molar-refractivity contribution is 7.89. The van der Waals surface area contributed by atoms with Gasteiger partial charge in [-0.2, -0.15) is 0 Å². The van der Waals surface area contributed by atoms with Gasteiger partial charge in [0.15, 0.2) is 0 Å². The summed E-state index contributed by atoms with van der Waals surface area (Å²) in [6, 6.07) is 0. The summed E-state index contributed by atoms with van der Waals surface area (Å²) >= 11 is 0. The van der Waals surface area contributed by atoms with E-state index in [0.29, 0.717) is 19.0 Å². The van der Waals surface area contributed by atoms with E-state index in [4.69, 9.17) is 0 Å². The van der Waals surface area contributed by atoms with E-state index in [2.05, 4.69) is 30.8 Å². The van der Waals surface area contributed by atoms with Gasteiger partial charge in [-0.25, -0.2) is 13.1 Å². The molecule has 0 radical (unpaired) electrons. The maximum absolute atomic E-state index is 11.6. The van der Waals surface area contributed by atoms with E-state index < -0.39 is 10.0 Å². The summed E-state index contributed by atoms with van der Waals surface area (Å²) in [5.41, 5.74) is 0. The van der Waals surface area contributed by atoms with E-state index in [1.807, 2.05) is 0 Å². The van der Waals surface area contributed by atoms with Crippen LogP contribution in [0.2, 0.25) is 0 Å². The molecule has 0 unspecified atom stereocenters. The molecular formula is C11H26N2O2S. The molecule has 0 heterocycles. The molecule has 16 heavy (non-hydrogen) atoms. The normalized spacial score (nSPS) is 12.2. The second kappa shape index (κ2) is 8.96. The highest BCUT2D eigenvalue weighted by Crippen LogP contribution is 2.05. The first-order valence-electron chi connectivity index (χ1n) is 6.23. The molecule has 2 N–H and O–H groups in total. The molecule has 0 amide bonds. The third-order valence-electron chi connectivity index (χ3n) is 2.72. The van der Waals surface area contributed by atoms with E-state index in [9.17, 15) is 8.42 Å². The predicted molar refractivity (Wildman–Crippen MR) is 69.0 cm³/mol. The van der Waals surface area contributed by atoms with Crippen molar-refractivity contribution in [2.75, 3.05) is 25.4 Å². The lowest BCUT2D eigenvalue weighted by Crippen LogP contribution is -2.34. The first kappa shape index (κ1) is 15.9. The molecule has 0 aromatic rings. The van der Waals surface area contributed by atoms with Crippen molar-refractivity contribution >= 4 is 10.0 Å². The minimum absolute atomic E-state index is 0.174. The van der Waals surface area contributed by atoms with Crippen LogP contribution in [0.1, 0.15) is 40.0 Å². The molecule has 0 aliphatic heterocycles. The molecule has 0 saturated carbocycles. The predicted octanol–water partition coefficient (Wildman–Crippen LogP) is 1.34. The number of nitrogens with one attached hydrogen (secondary N) is 2. The lowest BCUT2D eigenvalue weighted by molar-refractivity contribution is 0.478. The third kappa shape index (κ3) is 8.07. The third-order valence-corrected chi connectivity index (χ3v) is 4.07. The second-order valence-electron chi connectivity index (χ2n) is 4.10. The van der Waals surface area contributed by atoms with Crippen molar-refractivity contribution in [1.29, 1.82) is 0 Å². The summed E-state index contributed by atoms with van der Waals surface area (Å²) in [4.78, 5) is 0. The molecular weight excluding hydrogens is 224 g/mol. The highest BCUT2D eigenvalue weighted by atomic mass is 32.2. The maximum Gasteiger partial charge on any atom is 0.212 e. The summed E-state index contributed by atoms with van der Waals surface area (Å²) in [7, 11) is -3.09. The van der Waals surface area contributed by atoms with E-state index in [-0.39, 0.29) is 5.75 Å². The smallest absolute Gasteiger partial charge is 0.212 e. The molecule has 0 rings (SSSR count). The fraction of sp³-hybridized carbons (Fsp3) is 1.00. The maximum atomic E-state index is 11.6. The zero-order chi connectivity index (χ0) is 12.4. The van der Waals surface area contributed by atoms with Gasteiger partial charge in [0.1, 0.15) is 0 Å². The fourth-order valence-corrected chi connectivity index (χ4v) is 2.45. The molecule has 5 heteroatoms. The zero-order valence-corrected chi connectivity index (χ0v) is 11.6. The van der Waals surface area contributed by atoms with Crippen molar-refractivity contribution in [3.8, 4) is 0 Å². The van der Waals surface area contributed by atoms with Crippen LogP contribution >= 0.6 is 0 Å². The Morgan fingerprint density at radius 3 is 2.19 bits per heavy atom. The van der Waals surface area contributed by atoms with Gasteiger partial charge in [0.05, 0.1) is 5.75 Å². The van der Waals surface area contributed by atoms with Gasteiger partial charge in [-0.05, 0) is 18.9 Å². The monoisotopic (exact) mass is 250 g/mol. The van der Waals surface area contributed by atoms with E-state index in [0.717, 1.165) is 25.8 Å². The zero-order valence-electron chi connectivity index (χ0n) is 10.8. The van der Waals surface area contributed by atoms with Crippen LogP contribution in [-0.2, 0) is 10.0 Å². The Bertz CT molecular complexity index is 249. The molecule has 0 aliphatic carbocycles. The van der Waals surface area contributed by atoms with E-state index in [1.54, 1.807) is 0 Å². The van der Waals surface area contributed by atoms with Crippen molar-refractivity contribution < 1.29 is 8.42 Å². The van der Waals surface area contributed by atoms with Crippen LogP contribution in [0.4, 0.5) is 0 Å². The van der Waals surface area contributed by atoms with E-state index in [1.165, 1.54) is 0 Å². The van der Waals surface area contributed by atoms with Gasteiger partial charge in [-0.15, -0.1) is 0 Å². The molecule has 4 nitrogen and oxygen atoms in total. The number of hydrogen-bond donors (Lipinski definition) is 2. The van der Waals surface area contributed by atoms with Crippen LogP contribution in [0.15, 0.2) is 0 Å². The second-order valence-corrected chi connectivity index (χ2v) is 6.03. The molecule has 0 fully saturated rings. The van der Waals surface area contributed by atoms with Gasteiger partial charge in [0.2, 0.25) is 10.0 Å². The molecule has 0 spiro atoms. The molecule has 0 saturated heterocycles. The van der Waals surface area contributed by atoms with Crippen LogP contribution in [0.25, 0.3) is 0 Å². The summed E-state index contributed by atoms with van der Waals surface area (Å²) in [5.74, 6) is 0.631. The Balaban J connectivity index is 3.78. The summed E-state index contributed by atoms with van der Waals surface area (Å²) in [6.07, 6.45) is 3.07. The summed E-state index contributed by atoms with van der Waals surface area (Å²) < 4.78 is 25.8. The van der Waals surface area contributed by atoms with Crippen molar-refractivity contribution in [3.63, 3.8) is 0 Å². The van der Waals surface area contributed by atoms with Gasteiger partial charge in [0.25, 0.3) is 0 Å². The first-order chi connectivity index (χ1) is 7.55. The van der Waals surface area contributed by atoms with Gasteiger partial charge in [-0.3, -0.25) is 0 Å². The van der Waals surface area contributed by atoms with Crippen LogP contribution < -0.4 is 10.0 Å². The van der Waals surface area contributed by atoms with Crippen molar-refractivity contribution in [1.82, 2.24) is 10.0 Å². The topological polar surface area (TPSA) is 58.2 Å². The minimum atomic E-state index is -3.09. The SMILES string of the molecule is CCCNCCS(=O)(=O)NCC(CC)CC. The van der Waals surface area contributed by atoms with Crippen molar-refractivity contribution in [2.45, 2.75) is 40.0 Å². The minimum Gasteiger partial charge on any atom is -0.316 e. The lowest BCUT2D eigenvalue weighted by Gasteiger charge is -2.13. The largest absolute Gasteiger partial charge is 0.316 e. The lowest BCUT2D eigenvalue weighted by atomic mass is 10.0. The molecule has 0 aromatic heterocycles. The van der Waals surface area contributed by atoms with Crippen LogP contribution in [0.3, 0.4) is 0 Å². The highest BCUT2D eigenvalue weighted by Gasteiger charge is 2.11. The molecule has 0 aromatic carbocycles. The van der Waals surface area contributed by atoms with Crippen LogP contribution in [-0.4, -0.2) is 33.8 Å². The van der Waals surface area contributed by atoms with Gasteiger partial charge >= 0.3 is 0 Å². The van der Waals surface area contributed by atoms with E-state index >= 15 is 0 Å². The quantitative estimate of drug-likeness (QED) is 0.575. The van der Waals surface area contributed by atoms with Gasteiger partial charge in [-0.1, -0.05) is 33.6 Å². The number of rotatable bonds is 10. The molecule has 0 aliphatic rings. The molecule has 98 valence electrons. The number of sulfonamides is 1. The number of hydrogen-bond acceptors (Lipinski definition) is 3. The Morgan fingerprint density at radius 2 is 1.69 bits per heavy atom. The average molecular weight is 250 g/mol. The first-order valence-corrected chi connectivity index (χ1v) is 7.89. The van der Waals surface area contributed by atoms with Gasteiger partial charge in [0, 0.05) is 13.1 Å². The van der Waals surface area contributed by atoms with Crippen molar-refractivity contribution in [2.24, 2.45) is 5.92 Å². The Kier molecular flexibility index (Phi) is 8.89. The summed E-state index contributed by atoms with van der Waals surface area (Å²) in [6.45, 7) is 8.22. The standard InChI is InChI=1S/C11H26N2O2S/c1-4-7-12-8-9-16(14,15)13-10-11(5-2)6-3/h11-13H,4-10H2,1-3H3. The molecule has 0 bridgehead atoms. The van der Waals surface area contributed by atoms with Crippen LogP contribution in [0.5, 0.6) is 0 Å². The Hall–Kier alpha value is -0.130. The van der Waals surface area contributed by atoms with Gasteiger partial charge < -0.3 is 5.32 Å². The average Bonchev–Trinajstić information content (AvgIpc) is 2.26. The Morgan fingerprint density at radius 1 is 1.06 bits per heavy atom. The van der Waals surface area contributed by atoms with Crippen molar-refractivity contribution in [3.05, 3.63) is 0 Å². The Labute approximate surface area is 100 Å².